The molecule has 1 saturated heterocycles. The largest absolute Gasteiger partial charge is 0.417 e. The lowest BCUT2D eigenvalue weighted by Gasteiger charge is -2.36. The second kappa shape index (κ2) is 6.29. The fourth-order valence-electron chi connectivity index (χ4n) is 3.10. The van der Waals surface area contributed by atoms with Gasteiger partial charge in [-0.2, -0.15) is 0 Å². The Kier molecular flexibility index (Phi) is 3.97. The van der Waals surface area contributed by atoms with E-state index in [4.69, 9.17) is 16.0 Å². The Hall–Kier alpha value is -2.73. The first-order chi connectivity index (χ1) is 12.1. The molecular formula is C18H16ClN3O3. The van der Waals surface area contributed by atoms with Gasteiger partial charge in [0.15, 0.2) is 5.58 Å². The summed E-state index contributed by atoms with van der Waals surface area (Å²) >= 11 is 6.12. The minimum absolute atomic E-state index is 0.0441. The van der Waals surface area contributed by atoms with Crippen LogP contribution in [0.15, 0.2) is 51.7 Å². The van der Waals surface area contributed by atoms with Crippen LogP contribution in [-0.4, -0.2) is 42.0 Å². The maximum Gasteiger partial charge on any atom is 0.417 e. The van der Waals surface area contributed by atoms with E-state index in [2.05, 4.69) is 9.88 Å². The summed E-state index contributed by atoms with van der Waals surface area (Å²) < 4.78 is 5.11. The summed E-state index contributed by atoms with van der Waals surface area (Å²) in [6, 6.07) is 12.7. The molecule has 7 heteroatoms. The summed E-state index contributed by atoms with van der Waals surface area (Å²) in [5.41, 5.74) is 2.73. The van der Waals surface area contributed by atoms with E-state index in [1.807, 2.05) is 35.2 Å². The number of fused-ring (bicyclic) bond motifs is 1. The number of rotatable bonds is 2. The van der Waals surface area contributed by atoms with Crippen molar-refractivity contribution in [3.8, 4) is 0 Å². The molecule has 25 heavy (non-hydrogen) atoms. The summed E-state index contributed by atoms with van der Waals surface area (Å²) in [6.07, 6.45) is 0. The standard InChI is InChI=1S/C18H16ClN3O3/c19-14-4-2-1-3-13(14)17(23)22-9-7-21(8-10-22)12-5-6-15-16(11-12)25-18(24)20-15/h1-6,11H,7-10H2,(H,20,24). The van der Waals surface area contributed by atoms with Gasteiger partial charge in [-0.15, -0.1) is 0 Å². The van der Waals surface area contributed by atoms with E-state index in [1.165, 1.54) is 0 Å². The molecule has 1 N–H and O–H groups in total. The zero-order chi connectivity index (χ0) is 17.4. The Morgan fingerprint density at radius 3 is 2.60 bits per heavy atom. The molecule has 128 valence electrons. The van der Waals surface area contributed by atoms with Crippen molar-refractivity contribution >= 4 is 34.3 Å². The lowest BCUT2D eigenvalue weighted by Crippen LogP contribution is -2.48. The molecule has 0 spiro atoms. The van der Waals surface area contributed by atoms with E-state index in [0.29, 0.717) is 47.9 Å². The van der Waals surface area contributed by atoms with Crippen molar-refractivity contribution in [1.29, 1.82) is 0 Å². The quantitative estimate of drug-likeness (QED) is 0.765. The van der Waals surface area contributed by atoms with Gasteiger partial charge in [0.1, 0.15) is 0 Å². The topological polar surface area (TPSA) is 69.6 Å². The van der Waals surface area contributed by atoms with Crippen molar-refractivity contribution in [2.45, 2.75) is 0 Å². The van der Waals surface area contributed by atoms with Crippen LogP contribution < -0.4 is 10.7 Å². The van der Waals surface area contributed by atoms with Gasteiger partial charge in [0.2, 0.25) is 0 Å². The van der Waals surface area contributed by atoms with Gasteiger partial charge >= 0.3 is 5.76 Å². The summed E-state index contributed by atoms with van der Waals surface area (Å²) in [5, 5.41) is 0.475. The molecule has 0 radical (unpaired) electrons. The van der Waals surface area contributed by atoms with Crippen LogP contribution in [0.3, 0.4) is 0 Å². The minimum atomic E-state index is -0.456. The summed E-state index contributed by atoms with van der Waals surface area (Å²) in [7, 11) is 0. The smallest absolute Gasteiger partial charge is 0.408 e. The molecule has 2 heterocycles. The van der Waals surface area contributed by atoms with Crippen molar-refractivity contribution in [1.82, 2.24) is 9.88 Å². The van der Waals surface area contributed by atoms with Crippen LogP contribution in [0.25, 0.3) is 11.1 Å². The molecule has 0 atom stereocenters. The maximum absolute atomic E-state index is 12.6. The van der Waals surface area contributed by atoms with Crippen molar-refractivity contribution in [2.24, 2.45) is 0 Å². The number of anilines is 1. The van der Waals surface area contributed by atoms with Crippen molar-refractivity contribution in [2.75, 3.05) is 31.1 Å². The molecule has 0 aliphatic carbocycles. The Morgan fingerprint density at radius 2 is 1.84 bits per heavy atom. The Labute approximate surface area is 148 Å². The van der Waals surface area contributed by atoms with Gasteiger partial charge in [0.25, 0.3) is 5.91 Å². The Bertz CT molecular complexity index is 986. The summed E-state index contributed by atoms with van der Waals surface area (Å²) in [4.78, 5) is 30.5. The van der Waals surface area contributed by atoms with Gasteiger partial charge in [-0.25, -0.2) is 4.79 Å². The molecule has 6 nitrogen and oxygen atoms in total. The van der Waals surface area contributed by atoms with Gasteiger partial charge in [0, 0.05) is 37.9 Å². The van der Waals surface area contributed by atoms with Gasteiger partial charge in [-0.3, -0.25) is 9.78 Å². The lowest BCUT2D eigenvalue weighted by atomic mass is 10.1. The van der Waals surface area contributed by atoms with E-state index in [9.17, 15) is 9.59 Å². The fourth-order valence-corrected chi connectivity index (χ4v) is 3.32. The van der Waals surface area contributed by atoms with E-state index >= 15 is 0 Å². The number of amides is 1. The highest BCUT2D eigenvalue weighted by Crippen LogP contribution is 2.23. The first kappa shape index (κ1) is 15.8. The van der Waals surface area contributed by atoms with Gasteiger partial charge in [0.05, 0.1) is 16.1 Å². The number of H-pyrrole nitrogens is 1. The maximum atomic E-state index is 12.6. The van der Waals surface area contributed by atoms with Gasteiger partial charge in [-0.05, 0) is 24.3 Å². The Morgan fingerprint density at radius 1 is 1.08 bits per heavy atom. The lowest BCUT2D eigenvalue weighted by molar-refractivity contribution is 0.0747. The summed E-state index contributed by atoms with van der Waals surface area (Å²) in [6.45, 7) is 2.63. The third kappa shape index (κ3) is 3.00. The Balaban J connectivity index is 1.48. The number of nitrogens with zero attached hydrogens (tertiary/aromatic N) is 2. The highest BCUT2D eigenvalue weighted by Gasteiger charge is 2.23. The van der Waals surface area contributed by atoms with E-state index in [0.717, 1.165) is 5.69 Å². The number of nitrogens with one attached hydrogen (secondary N) is 1. The van der Waals surface area contributed by atoms with Crippen LogP contribution in [0.1, 0.15) is 10.4 Å². The highest BCUT2D eigenvalue weighted by atomic mass is 35.5. The van der Waals surface area contributed by atoms with Crippen LogP contribution in [-0.2, 0) is 0 Å². The molecule has 4 rings (SSSR count). The van der Waals surface area contributed by atoms with Crippen LogP contribution in [0.4, 0.5) is 5.69 Å². The SMILES string of the molecule is O=C(c1ccccc1Cl)N1CCN(c2ccc3[nH]c(=O)oc3c2)CC1. The van der Waals surface area contributed by atoms with Crippen LogP contribution in [0, 0.1) is 0 Å². The predicted molar refractivity (Wildman–Crippen MR) is 96.4 cm³/mol. The molecule has 0 unspecified atom stereocenters. The van der Waals surface area contributed by atoms with Gasteiger partial charge < -0.3 is 14.2 Å². The van der Waals surface area contributed by atoms with Crippen LogP contribution >= 0.6 is 11.6 Å². The zero-order valence-electron chi connectivity index (χ0n) is 13.4. The first-order valence-electron chi connectivity index (χ1n) is 8.03. The number of piperazine rings is 1. The molecule has 1 amide bonds. The third-order valence-corrected chi connectivity index (χ3v) is 4.77. The number of carbonyl (C=O) groups is 1. The van der Waals surface area contributed by atoms with Gasteiger partial charge in [-0.1, -0.05) is 23.7 Å². The number of halogens is 1. The number of carbonyl (C=O) groups excluding carboxylic acids is 1. The predicted octanol–water partition coefficient (Wildman–Crippen LogP) is 2.74. The number of aromatic nitrogens is 1. The van der Waals surface area contributed by atoms with Crippen LogP contribution in [0.2, 0.25) is 5.02 Å². The number of oxazole rings is 1. The molecular weight excluding hydrogens is 342 g/mol. The normalized spacial score (nSPS) is 14.9. The minimum Gasteiger partial charge on any atom is -0.408 e. The van der Waals surface area contributed by atoms with Crippen LogP contribution in [0.5, 0.6) is 0 Å². The second-order valence-electron chi connectivity index (χ2n) is 5.95. The first-order valence-corrected chi connectivity index (χ1v) is 8.41. The molecule has 1 aliphatic heterocycles. The van der Waals surface area contributed by atoms with E-state index in [1.54, 1.807) is 12.1 Å². The summed E-state index contributed by atoms with van der Waals surface area (Å²) in [5.74, 6) is -0.500. The van der Waals surface area contributed by atoms with Crippen molar-refractivity contribution < 1.29 is 9.21 Å². The number of hydrogen-bond donors (Lipinski definition) is 1. The number of aromatic amines is 1. The number of hydrogen-bond acceptors (Lipinski definition) is 4. The van der Waals surface area contributed by atoms with E-state index in [-0.39, 0.29) is 5.91 Å². The molecule has 1 aliphatic rings. The zero-order valence-corrected chi connectivity index (χ0v) is 14.1. The average Bonchev–Trinajstić information content (AvgIpc) is 3.01. The second-order valence-corrected chi connectivity index (χ2v) is 6.36. The average molecular weight is 358 g/mol. The third-order valence-electron chi connectivity index (χ3n) is 4.44. The fraction of sp³-hybridized carbons (Fsp3) is 0.222. The molecule has 1 fully saturated rings. The van der Waals surface area contributed by atoms with Crippen molar-refractivity contribution in [3.05, 3.63) is 63.6 Å². The molecule has 0 bridgehead atoms. The monoisotopic (exact) mass is 357 g/mol. The molecule has 1 aromatic heterocycles. The van der Waals surface area contributed by atoms with E-state index < -0.39 is 5.76 Å². The molecule has 0 saturated carbocycles. The molecule has 2 aromatic carbocycles. The molecule has 3 aromatic rings. The number of benzene rings is 2. The van der Waals surface area contributed by atoms with Crippen molar-refractivity contribution in [3.63, 3.8) is 0 Å². The highest BCUT2D eigenvalue weighted by molar-refractivity contribution is 6.33.